The summed E-state index contributed by atoms with van der Waals surface area (Å²) in [7, 11) is 1.59. The number of methoxy groups -OCH3 is 1. The molecule has 7 nitrogen and oxygen atoms in total. The summed E-state index contributed by atoms with van der Waals surface area (Å²) in [6, 6.07) is 7.09. The number of hydrogen-bond acceptors (Lipinski definition) is 5. The number of ether oxygens (including phenoxy) is 1. The number of oxime groups is 1. The van der Waals surface area contributed by atoms with Crippen molar-refractivity contribution >= 4 is 23.2 Å². The molecule has 7 heteroatoms. The first kappa shape index (κ1) is 17.3. The van der Waals surface area contributed by atoms with Gasteiger partial charge in [-0.2, -0.15) is 0 Å². The Balaban J connectivity index is 1.61. The molecule has 1 N–H and O–H groups in total. The summed E-state index contributed by atoms with van der Waals surface area (Å²) in [5.41, 5.74) is 0.470. The van der Waals surface area contributed by atoms with Crippen LogP contribution in [0.2, 0.25) is 0 Å². The van der Waals surface area contributed by atoms with E-state index < -0.39 is 5.60 Å². The predicted molar refractivity (Wildman–Crippen MR) is 93.6 cm³/mol. The van der Waals surface area contributed by atoms with Crippen LogP contribution < -0.4 is 10.1 Å². The number of hydrogen-bond donors (Lipinski definition) is 1. The number of benzene rings is 1. The Hall–Kier alpha value is -2.57. The highest BCUT2D eigenvalue weighted by Crippen LogP contribution is 2.34. The first-order valence-corrected chi connectivity index (χ1v) is 8.53. The lowest BCUT2D eigenvalue weighted by Crippen LogP contribution is -2.50. The van der Waals surface area contributed by atoms with E-state index >= 15 is 0 Å². The average Bonchev–Trinajstić information content (AvgIpc) is 3.05. The first-order chi connectivity index (χ1) is 12.0. The fourth-order valence-corrected chi connectivity index (χ4v) is 3.27. The maximum absolute atomic E-state index is 12.4. The second-order valence-corrected chi connectivity index (χ2v) is 6.44. The highest BCUT2D eigenvalue weighted by molar-refractivity contribution is 6.43. The topological polar surface area (TPSA) is 80.2 Å². The van der Waals surface area contributed by atoms with Crippen LogP contribution in [0, 0.1) is 0 Å². The number of nitrogens with one attached hydrogen (secondary N) is 1. The Bertz CT molecular complexity index is 686. The number of anilines is 1. The standard InChI is InChI=1S/C18H23N3O4/c1-3-16(22)21-10-4-9-18(12-21)11-15(20-25-18)17(23)19-13-5-7-14(24-2)8-6-13/h5-8H,3-4,9-12H2,1-2H3,(H,19,23)/t18-/m0/s1. The monoisotopic (exact) mass is 345 g/mol. The Morgan fingerprint density at radius 3 is 2.80 bits per heavy atom. The zero-order valence-electron chi connectivity index (χ0n) is 14.6. The third-order valence-electron chi connectivity index (χ3n) is 4.64. The van der Waals surface area contributed by atoms with E-state index in [4.69, 9.17) is 9.57 Å². The molecule has 0 aromatic heterocycles. The summed E-state index contributed by atoms with van der Waals surface area (Å²) in [4.78, 5) is 31.8. The van der Waals surface area contributed by atoms with Crippen molar-refractivity contribution < 1.29 is 19.2 Å². The third kappa shape index (κ3) is 3.75. The van der Waals surface area contributed by atoms with Gasteiger partial charge in [-0.05, 0) is 37.1 Å². The zero-order valence-corrected chi connectivity index (χ0v) is 14.6. The summed E-state index contributed by atoms with van der Waals surface area (Å²) in [5.74, 6) is 0.557. The highest BCUT2D eigenvalue weighted by atomic mass is 16.7. The predicted octanol–water partition coefficient (Wildman–Crippen LogP) is 2.18. The van der Waals surface area contributed by atoms with Gasteiger partial charge in [-0.1, -0.05) is 12.1 Å². The number of piperidine rings is 1. The van der Waals surface area contributed by atoms with E-state index in [1.807, 2.05) is 11.8 Å². The quantitative estimate of drug-likeness (QED) is 0.907. The molecule has 1 spiro atoms. The normalized spacial score (nSPS) is 22.3. The van der Waals surface area contributed by atoms with Gasteiger partial charge in [0, 0.05) is 25.1 Å². The number of nitrogens with zero attached hydrogens (tertiary/aromatic N) is 2. The molecule has 0 bridgehead atoms. The van der Waals surface area contributed by atoms with E-state index in [0.29, 0.717) is 30.8 Å². The molecule has 2 heterocycles. The van der Waals surface area contributed by atoms with Gasteiger partial charge in [-0.25, -0.2) is 0 Å². The molecule has 1 fully saturated rings. The van der Waals surface area contributed by atoms with Crippen molar-refractivity contribution in [2.75, 3.05) is 25.5 Å². The molecule has 2 aliphatic rings. The Kier molecular flexibility index (Phi) is 4.92. The van der Waals surface area contributed by atoms with Crippen LogP contribution in [0.1, 0.15) is 32.6 Å². The van der Waals surface area contributed by atoms with Crippen LogP contribution in [-0.2, 0) is 14.4 Å². The van der Waals surface area contributed by atoms with Crippen LogP contribution in [0.4, 0.5) is 5.69 Å². The molecule has 0 aliphatic carbocycles. The summed E-state index contributed by atoms with van der Waals surface area (Å²) in [6.45, 7) is 3.08. The number of rotatable bonds is 4. The van der Waals surface area contributed by atoms with Gasteiger partial charge in [0.1, 0.15) is 11.5 Å². The van der Waals surface area contributed by atoms with Crippen LogP contribution >= 0.6 is 0 Å². The van der Waals surface area contributed by atoms with Crippen LogP contribution in [-0.4, -0.2) is 48.2 Å². The molecule has 1 aromatic rings. The van der Waals surface area contributed by atoms with Crippen LogP contribution in [0.3, 0.4) is 0 Å². The minimum Gasteiger partial charge on any atom is -0.497 e. The Morgan fingerprint density at radius 2 is 2.12 bits per heavy atom. The van der Waals surface area contributed by atoms with Crippen molar-refractivity contribution in [2.24, 2.45) is 5.16 Å². The molecule has 0 unspecified atom stereocenters. The van der Waals surface area contributed by atoms with E-state index in [1.165, 1.54) is 0 Å². The van der Waals surface area contributed by atoms with Crippen molar-refractivity contribution in [1.29, 1.82) is 0 Å². The van der Waals surface area contributed by atoms with Gasteiger partial charge >= 0.3 is 0 Å². The molecule has 0 saturated carbocycles. The molecule has 2 amide bonds. The molecule has 3 rings (SSSR count). The minimum atomic E-state index is -0.560. The number of likely N-dealkylation sites (tertiary alicyclic amines) is 1. The SMILES string of the molecule is CCC(=O)N1CCC[C@]2(CC(C(=O)Nc3ccc(OC)cc3)=NO2)C1. The highest BCUT2D eigenvalue weighted by Gasteiger charge is 2.45. The molecular formula is C18H23N3O4. The molecule has 1 aromatic carbocycles. The van der Waals surface area contributed by atoms with Crippen molar-refractivity contribution in [3.05, 3.63) is 24.3 Å². The second-order valence-electron chi connectivity index (χ2n) is 6.44. The van der Waals surface area contributed by atoms with Gasteiger partial charge in [0.2, 0.25) is 5.91 Å². The lowest BCUT2D eigenvalue weighted by atomic mass is 9.88. The molecule has 0 radical (unpaired) electrons. The largest absolute Gasteiger partial charge is 0.497 e. The fraction of sp³-hybridized carbons (Fsp3) is 0.500. The van der Waals surface area contributed by atoms with Crippen molar-refractivity contribution in [2.45, 2.75) is 38.2 Å². The first-order valence-electron chi connectivity index (χ1n) is 8.53. The molecule has 25 heavy (non-hydrogen) atoms. The maximum Gasteiger partial charge on any atom is 0.273 e. The number of carbonyl (C=O) groups excluding carboxylic acids is 2. The van der Waals surface area contributed by atoms with Crippen molar-refractivity contribution in [3.63, 3.8) is 0 Å². The van der Waals surface area contributed by atoms with Gasteiger partial charge in [0.25, 0.3) is 5.91 Å². The van der Waals surface area contributed by atoms with Crippen LogP contribution in [0.5, 0.6) is 5.75 Å². The van der Waals surface area contributed by atoms with Crippen molar-refractivity contribution in [3.8, 4) is 5.75 Å². The minimum absolute atomic E-state index is 0.110. The average molecular weight is 345 g/mol. The van der Waals surface area contributed by atoms with Gasteiger partial charge < -0.3 is 19.8 Å². The summed E-state index contributed by atoms with van der Waals surface area (Å²) in [5, 5.41) is 6.82. The van der Waals surface area contributed by atoms with Crippen LogP contribution in [0.25, 0.3) is 0 Å². The van der Waals surface area contributed by atoms with E-state index in [1.54, 1.807) is 31.4 Å². The second kappa shape index (κ2) is 7.13. The smallest absolute Gasteiger partial charge is 0.273 e. The van der Waals surface area contributed by atoms with Gasteiger partial charge in [-0.3, -0.25) is 9.59 Å². The molecule has 2 aliphatic heterocycles. The van der Waals surface area contributed by atoms with E-state index in [-0.39, 0.29) is 11.8 Å². The number of carbonyl (C=O) groups is 2. The molecule has 1 saturated heterocycles. The zero-order chi connectivity index (χ0) is 17.9. The van der Waals surface area contributed by atoms with Gasteiger partial charge in [0.05, 0.1) is 13.7 Å². The fourth-order valence-electron chi connectivity index (χ4n) is 3.27. The molecular weight excluding hydrogens is 322 g/mol. The Labute approximate surface area is 147 Å². The summed E-state index contributed by atoms with van der Waals surface area (Å²) >= 11 is 0. The third-order valence-corrected chi connectivity index (χ3v) is 4.64. The summed E-state index contributed by atoms with van der Waals surface area (Å²) in [6.07, 6.45) is 2.54. The van der Waals surface area contributed by atoms with Crippen molar-refractivity contribution in [1.82, 2.24) is 4.90 Å². The molecule has 134 valence electrons. The van der Waals surface area contributed by atoms with Gasteiger partial charge in [0.15, 0.2) is 5.60 Å². The van der Waals surface area contributed by atoms with Crippen LogP contribution in [0.15, 0.2) is 29.4 Å². The molecule has 1 atom stereocenters. The van der Waals surface area contributed by atoms with E-state index in [0.717, 1.165) is 25.1 Å². The number of amides is 2. The lowest BCUT2D eigenvalue weighted by Gasteiger charge is -2.38. The lowest BCUT2D eigenvalue weighted by molar-refractivity contribution is -0.140. The van der Waals surface area contributed by atoms with Gasteiger partial charge in [-0.15, -0.1) is 0 Å². The van der Waals surface area contributed by atoms with E-state index in [2.05, 4.69) is 10.5 Å². The Morgan fingerprint density at radius 1 is 1.36 bits per heavy atom. The van der Waals surface area contributed by atoms with E-state index in [9.17, 15) is 9.59 Å². The maximum atomic E-state index is 12.4. The summed E-state index contributed by atoms with van der Waals surface area (Å²) < 4.78 is 5.10.